The minimum Gasteiger partial charge on any atom is -0.543 e. The second-order valence-corrected chi connectivity index (χ2v) is 13.6. The van der Waals surface area contributed by atoms with Gasteiger partial charge in [-0.2, -0.15) is 0 Å². The summed E-state index contributed by atoms with van der Waals surface area (Å²) < 4.78 is 7.27. The maximum Gasteiger partial charge on any atom is 0.251 e. The standard InChI is InChI=1S/C30H48OSi/c1-4-7-10-18-25-32(26-19-11-8-5-2,27-20-12-9-6-3)31-30-24-17-16-23-29(30)28-21-14-13-15-22-28/h13-17,21-24H,4-12,18-20,25-27H2,1-3H3. The zero-order valence-corrected chi connectivity index (χ0v) is 22.2. The lowest BCUT2D eigenvalue weighted by atomic mass is 10.1. The molecule has 2 aromatic carbocycles. The molecule has 2 aromatic rings. The van der Waals surface area contributed by atoms with Gasteiger partial charge in [0.2, 0.25) is 0 Å². The topological polar surface area (TPSA) is 9.23 Å². The fraction of sp³-hybridized carbons (Fsp3) is 0.600. The number of unbranched alkanes of at least 4 members (excludes halogenated alkanes) is 9. The van der Waals surface area contributed by atoms with Crippen LogP contribution in [0.15, 0.2) is 54.6 Å². The van der Waals surface area contributed by atoms with Crippen molar-refractivity contribution in [3.63, 3.8) is 0 Å². The molecule has 0 spiro atoms. The molecule has 0 amide bonds. The van der Waals surface area contributed by atoms with Crippen LogP contribution in [0.5, 0.6) is 5.75 Å². The number of rotatable bonds is 18. The molecule has 2 heteroatoms. The first-order valence-electron chi connectivity index (χ1n) is 13.6. The van der Waals surface area contributed by atoms with E-state index in [1.54, 1.807) is 0 Å². The molecule has 1 nitrogen and oxygen atoms in total. The summed E-state index contributed by atoms with van der Waals surface area (Å²) in [7, 11) is -1.85. The SMILES string of the molecule is CCCCCC[Si](CCCCCC)(CCCCCC)Oc1ccccc1-c1ccccc1. The van der Waals surface area contributed by atoms with Gasteiger partial charge in [-0.15, -0.1) is 0 Å². The van der Waals surface area contributed by atoms with Crippen LogP contribution in [0.4, 0.5) is 0 Å². The van der Waals surface area contributed by atoms with Gasteiger partial charge in [0, 0.05) is 5.56 Å². The molecule has 32 heavy (non-hydrogen) atoms. The predicted molar refractivity (Wildman–Crippen MR) is 145 cm³/mol. The Kier molecular flexibility index (Phi) is 13.5. The first-order valence-corrected chi connectivity index (χ1v) is 16.1. The second kappa shape index (κ2) is 16.1. The highest BCUT2D eigenvalue weighted by Gasteiger charge is 2.36. The van der Waals surface area contributed by atoms with E-state index in [4.69, 9.17) is 4.43 Å². The predicted octanol–water partition coefficient (Wildman–Crippen LogP) is 10.4. The molecule has 0 bridgehead atoms. The molecular formula is C30H48OSi. The minimum atomic E-state index is -1.85. The van der Waals surface area contributed by atoms with Gasteiger partial charge in [-0.25, -0.2) is 0 Å². The van der Waals surface area contributed by atoms with Crippen LogP contribution in [0.1, 0.15) is 97.8 Å². The van der Waals surface area contributed by atoms with Gasteiger partial charge in [-0.3, -0.25) is 0 Å². The van der Waals surface area contributed by atoms with E-state index < -0.39 is 8.32 Å². The number of hydrogen-bond donors (Lipinski definition) is 0. The van der Waals surface area contributed by atoms with Crippen molar-refractivity contribution >= 4 is 8.32 Å². The maximum atomic E-state index is 7.27. The maximum absolute atomic E-state index is 7.27. The van der Waals surface area contributed by atoms with E-state index in [1.165, 1.54) is 106 Å². The van der Waals surface area contributed by atoms with Crippen molar-refractivity contribution in [2.24, 2.45) is 0 Å². The van der Waals surface area contributed by atoms with Crippen LogP contribution in [0, 0.1) is 0 Å². The Balaban J connectivity index is 2.27. The van der Waals surface area contributed by atoms with E-state index >= 15 is 0 Å². The molecule has 0 aliphatic heterocycles. The number of para-hydroxylation sites is 1. The van der Waals surface area contributed by atoms with Gasteiger partial charge < -0.3 is 4.43 Å². The van der Waals surface area contributed by atoms with Crippen molar-refractivity contribution in [3.05, 3.63) is 54.6 Å². The van der Waals surface area contributed by atoms with Crippen LogP contribution < -0.4 is 4.43 Å². The van der Waals surface area contributed by atoms with Crippen LogP contribution in [-0.4, -0.2) is 8.32 Å². The summed E-state index contributed by atoms with van der Waals surface area (Å²) in [6.07, 6.45) is 16.1. The molecule has 0 saturated carbocycles. The molecule has 0 saturated heterocycles. The van der Waals surface area contributed by atoms with E-state index in [-0.39, 0.29) is 0 Å². The Morgan fingerprint density at radius 1 is 0.531 bits per heavy atom. The van der Waals surface area contributed by atoms with Crippen molar-refractivity contribution < 1.29 is 4.43 Å². The van der Waals surface area contributed by atoms with Crippen LogP contribution in [-0.2, 0) is 0 Å². The normalized spacial score (nSPS) is 11.6. The molecule has 178 valence electrons. The minimum absolute atomic E-state index is 1.13. The monoisotopic (exact) mass is 452 g/mol. The van der Waals surface area contributed by atoms with Crippen LogP contribution >= 0.6 is 0 Å². The summed E-state index contributed by atoms with van der Waals surface area (Å²) in [5.41, 5.74) is 2.54. The zero-order valence-electron chi connectivity index (χ0n) is 21.2. The van der Waals surface area contributed by atoms with Gasteiger partial charge in [0.25, 0.3) is 8.32 Å². The van der Waals surface area contributed by atoms with Gasteiger partial charge in [0.1, 0.15) is 5.75 Å². The third-order valence-electron chi connectivity index (χ3n) is 6.76. The smallest absolute Gasteiger partial charge is 0.251 e. The second-order valence-electron chi connectivity index (χ2n) is 9.58. The summed E-state index contributed by atoms with van der Waals surface area (Å²) >= 11 is 0. The molecule has 0 aromatic heterocycles. The Bertz CT molecular complexity index is 680. The average Bonchev–Trinajstić information content (AvgIpc) is 2.83. The molecule has 2 rings (SSSR count). The van der Waals surface area contributed by atoms with Crippen LogP contribution in [0.3, 0.4) is 0 Å². The van der Waals surface area contributed by atoms with Crippen molar-refractivity contribution in [3.8, 4) is 16.9 Å². The Hall–Kier alpha value is -1.54. The molecule has 0 radical (unpaired) electrons. The summed E-state index contributed by atoms with van der Waals surface area (Å²) in [6.45, 7) is 6.94. The van der Waals surface area contributed by atoms with E-state index in [2.05, 4.69) is 75.4 Å². The Labute approximate surface area is 200 Å². The summed E-state index contributed by atoms with van der Waals surface area (Å²) in [4.78, 5) is 0. The van der Waals surface area contributed by atoms with Gasteiger partial charge in [-0.1, -0.05) is 146 Å². The van der Waals surface area contributed by atoms with Crippen molar-refractivity contribution in [2.75, 3.05) is 0 Å². The third kappa shape index (κ3) is 9.53. The van der Waals surface area contributed by atoms with Gasteiger partial charge in [0.15, 0.2) is 0 Å². The van der Waals surface area contributed by atoms with E-state index in [0.717, 1.165) is 5.75 Å². The van der Waals surface area contributed by atoms with Crippen molar-refractivity contribution in [1.82, 2.24) is 0 Å². The lowest BCUT2D eigenvalue weighted by Crippen LogP contribution is -2.41. The van der Waals surface area contributed by atoms with E-state index in [0.29, 0.717) is 0 Å². The molecular weight excluding hydrogens is 404 g/mol. The van der Waals surface area contributed by atoms with Crippen molar-refractivity contribution in [2.45, 2.75) is 116 Å². The quantitative estimate of drug-likeness (QED) is 0.161. The van der Waals surface area contributed by atoms with Crippen LogP contribution in [0.25, 0.3) is 11.1 Å². The molecule has 0 aliphatic carbocycles. The average molecular weight is 453 g/mol. The molecule has 0 N–H and O–H groups in total. The highest BCUT2D eigenvalue weighted by atomic mass is 28.4. The van der Waals surface area contributed by atoms with E-state index in [9.17, 15) is 0 Å². The third-order valence-corrected chi connectivity index (χ3v) is 11.2. The Morgan fingerprint density at radius 3 is 1.50 bits per heavy atom. The molecule has 0 heterocycles. The van der Waals surface area contributed by atoms with Gasteiger partial charge >= 0.3 is 0 Å². The summed E-state index contributed by atoms with van der Waals surface area (Å²) in [5.74, 6) is 1.13. The van der Waals surface area contributed by atoms with E-state index in [1.807, 2.05) is 0 Å². The lowest BCUT2D eigenvalue weighted by molar-refractivity contribution is 0.503. The summed E-state index contributed by atoms with van der Waals surface area (Å²) in [6, 6.07) is 23.6. The first kappa shape index (κ1) is 26.7. The highest BCUT2D eigenvalue weighted by molar-refractivity contribution is 6.74. The fourth-order valence-electron chi connectivity index (χ4n) is 4.80. The molecule has 0 aliphatic rings. The largest absolute Gasteiger partial charge is 0.543 e. The summed E-state index contributed by atoms with van der Waals surface area (Å²) in [5, 5.41) is 0. The van der Waals surface area contributed by atoms with Crippen molar-refractivity contribution in [1.29, 1.82) is 0 Å². The molecule has 0 fully saturated rings. The fourth-order valence-corrected chi connectivity index (χ4v) is 9.18. The molecule has 0 atom stereocenters. The van der Waals surface area contributed by atoms with Crippen LogP contribution in [0.2, 0.25) is 18.1 Å². The highest BCUT2D eigenvalue weighted by Crippen LogP contribution is 2.37. The first-order chi connectivity index (χ1) is 15.7. The number of hydrogen-bond acceptors (Lipinski definition) is 1. The number of benzene rings is 2. The van der Waals surface area contributed by atoms with Gasteiger partial charge in [-0.05, 0) is 29.8 Å². The Morgan fingerprint density at radius 2 is 1.00 bits per heavy atom. The van der Waals surface area contributed by atoms with Gasteiger partial charge in [0.05, 0.1) is 0 Å². The zero-order chi connectivity index (χ0) is 22.9. The lowest BCUT2D eigenvalue weighted by Gasteiger charge is -2.34. The molecule has 0 unspecified atom stereocenters.